The summed E-state index contributed by atoms with van der Waals surface area (Å²) in [6.07, 6.45) is 2.18. The Morgan fingerprint density at radius 3 is 2.64 bits per heavy atom. The number of unbranched alkanes of at least 4 members (excludes halogenated alkanes) is 1. The summed E-state index contributed by atoms with van der Waals surface area (Å²) in [5.41, 5.74) is 2.95. The molecular formula is C19H18ClNO. The van der Waals surface area contributed by atoms with Gasteiger partial charge in [-0.2, -0.15) is 0 Å². The van der Waals surface area contributed by atoms with Crippen molar-refractivity contribution in [3.05, 3.63) is 69.8 Å². The molecule has 0 N–H and O–H groups in total. The number of benzene rings is 2. The van der Waals surface area contributed by atoms with Gasteiger partial charge in [-0.25, -0.2) is 0 Å². The van der Waals surface area contributed by atoms with Crippen LogP contribution >= 0.6 is 11.6 Å². The molecule has 0 saturated heterocycles. The van der Waals surface area contributed by atoms with Gasteiger partial charge in [0.25, 0.3) is 0 Å². The Balaban J connectivity index is 2.30. The standard InChI is InChI=1S/C19H18ClNO/c1-2-3-11-21-17-10-5-4-9-16(17)19(22)13-18(21)14-7-6-8-15(20)12-14/h4-10,12-13H,2-3,11H2,1H3. The summed E-state index contributed by atoms with van der Waals surface area (Å²) in [6, 6.07) is 17.2. The van der Waals surface area contributed by atoms with Crippen LogP contribution in [0.2, 0.25) is 5.02 Å². The van der Waals surface area contributed by atoms with Gasteiger partial charge >= 0.3 is 0 Å². The summed E-state index contributed by atoms with van der Waals surface area (Å²) in [5.74, 6) is 0. The van der Waals surface area contributed by atoms with E-state index in [0.717, 1.165) is 41.5 Å². The molecule has 0 aliphatic carbocycles. The summed E-state index contributed by atoms with van der Waals surface area (Å²) in [5, 5.41) is 1.45. The highest BCUT2D eigenvalue weighted by Crippen LogP contribution is 2.25. The molecule has 2 aromatic carbocycles. The predicted molar refractivity (Wildman–Crippen MR) is 93.6 cm³/mol. The molecule has 22 heavy (non-hydrogen) atoms. The number of nitrogens with zero attached hydrogens (tertiary/aromatic N) is 1. The molecule has 0 spiro atoms. The van der Waals surface area contributed by atoms with Crippen LogP contribution in [0.1, 0.15) is 19.8 Å². The summed E-state index contributed by atoms with van der Waals surface area (Å²) in [6.45, 7) is 3.06. The lowest BCUT2D eigenvalue weighted by Gasteiger charge is -2.17. The van der Waals surface area contributed by atoms with Gasteiger partial charge in [-0.05, 0) is 36.2 Å². The molecule has 3 heteroatoms. The van der Waals surface area contributed by atoms with E-state index in [1.165, 1.54) is 0 Å². The molecule has 0 atom stereocenters. The van der Waals surface area contributed by atoms with Gasteiger partial charge in [0.05, 0.1) is 11.2 Å². The van der Waals surface area contributed by atoms with Crippen LogP contribution in [0.25, 0.3) is 22.2 Å². The van der Waals surface area contributed by atoms with E-state index in [1.54, 1.807) is 6.07 Å². The molecule has 3 rings (SSSR count). The zero-order chi connectivity index (χ0) is 15.5. The number of fused-ring (bicyclic) bond motifs is 1. The van der Waals surface area contributed by atoms with Crippen LogP contribution in [0, 0.1) is 0 Å². The molecule has 112 valence electrons. The second-order valence-corrected chi connectivity index (χ2v) is 5.86. The van der Waals surface area contributed by atoms with Gasteiger partial charge in [0.15, 0.2) is 5.43 Å². The fraction of sp³-hybridized carbons (Fsp3) is 0.211. The molecular weight excluding hydrogens is 294 g/mol. The van der Waals surface area contributed by atoms with Crippen molar-refractivity contribution in [2.75, 3.05) is 0 Å². The fourth-order valence-electron chi connectivity index (χ4n) is 2.77. The fourth-order valence-corrected chi connectivity index (χ4v) is 2.96. The Bertz CT molecular complexity index is 867. The third kappa shape index (κ3) is 2.79. The number of hydrogen-bond acceptors (Lipinski definition) is 1. The number of aryl methyl sites for hydroxylation is 1. The third-order valence-corrected chi connectivity index (χ3v) is 4.11. The van der Waals surface area contributed by atoms with Crippen LogP contribution in [0.15, 0.2) is 59.4 Å². The van der Waals surface area contributed by atoms with Gasteiger partial charge in [0, 0.05) is 23.0 Å². The van der Waals surface area contributed by atoms with Crippen LogP contribution in [-0.2, 0) is 6.54 Å². The van der Waals surface area contributed by atoms with Crippen LogP contribution in [0.3, 0.4) is 0 Å². The largest absolute Gasteiger partial charge is 0.340 e. The second kappa shape index (κ2) is 6.37. The first-order chi connectivity index (χ1) is 10.7. The number of para-hydroxylation sites is 1. The summed E-state index contributed by atoms with van der Waals surface area (Å²) in [4.78, 5) is 12.4. The van der Waals surface area contributed by atoms with Crippen LogP contribution < -0.4 is 5.43 Å². The van der Waals surface area contributed by atoms with Crippen molar-refractivity contribution < 1.29 is 0 Å². The topological polar surface area (TPSA) is 22.0 Å². The third-order valence-electron chi connectivity index (χ3n) is 3.87. The van der Waals surface area contributed by atoms with Gasteiger partial charge < -0.3 is 4.57 Å². The van der Waals surface area contributed by atoms with E-state index < -0.39 is 0 Å². The summed E-state index contributed by atoms with van der Waals surface area (Å²) >= 11 is 6.12. The lowest BCUT2D eigenvalue weighted by molar-refractivity contribution is 0.651. The van der Waals surface area contributed by atoms with Crippen molar-refractivity contribution in [1.82, 2.24) is 4.57 Å². The molecule has 1 heterocycles. The van der Waals surface area contributed by atoms with E-state index in [0.29, 0.717) is 5.02 Å². The average Bonchev–Trinajstić information content (AvgIpc) is 2.54. The van der Waals surface area contributed by atoms with E-state index in [4.69, 9.17) is 11.6 Å². The van der Waals surface area contributed by atoms with E-state index >= 15 is 0 Å². The first-order valence-electron chi connectivity index (χ1n) is 7.59. The molecule has 0 bridgehead atoms. The van der Waals surface area contributed by atoms with Crippen LogP contribution in [0.4, 0.5) is 0 Å². The van der Waals surface area contributed by atoms with Crippen molar-refractivity contribution in [1.29, 1.82) is 0 Å². The van der Waals surface area contributed by atoms with Crippen LogP contribution in [0.5, 0.6) is 0 Å². The molecule has 0 saturated carbocycles. The first kappa shape index (κ1) is 14.9. The van der Waals surface area contributed by atoms with Gasteiger partial charge in [0.2, 0.25) is 0 Å². The zero-order valence-electron chi connectivity index (χ0n) is 12.6. The number of halogens is 1. The molecule has 0 aliphatic rings. The van der Waals surface area contributed by atoms with Gasteiger partial charge in [0.1, 0.15) is 0 Å². The lowest BCUT2D eigenvalue weighted by atomic mass is 10.1. The van der Waals surface area contributed by atoms with Gasteiger partial charge in [-0.1, -0.05) is 49.2 Å². The minimum atomic E-state index is 0.0540. The molecule has 0 fully saturated rings. The Labute approximate surface area is 135 Å². The van der Waals surface area contributed by atoms with E-state index in [-0.39, 0.29) is 5.43 Å². The number of rotatable bonds is 4. The van der Waals surface area contributed by atoms with Gasteiger partial charge in [-0.15, -0.1) is 0 Å². The monoisotopic (exact) mass is 311 g/mol. The smallest absolute Gasteiger partial charge is 0.190 e. The van der Waals surface area contributed by atoms with Crippen LogP contribution in [-0.4, -0.2) is 4.57 Å². The Morgan fingerprint density at radius 2 is 1.86 bits per heavy atom. The maximum absolute atomic E-state index is 12.4. The Morgan fingerprint density at radius 1 is 1.05 bits per heavy atom. The van der Waals surface area contributed by atoms with Crippen molar-refractivity contribution in [3.63, 3.8) is 0 Å². The predicted octanol–water partition coefficient (Wildman–Crippen LogP) is 5.12. The minimum Gasteiger partial charge on any atom is -0.340 e. The molecule has 0 amide bonds. The highest BCUT2D eigenvalue weighted by atomic mass is 35.5. The SMILES string of the molecule is CCCCn1c(-c2cccc(Cl)c2)cc(=O)c2ccccc21. The maximum Gasteiger partial charge on any atom is 0.190 e. The highest BCUT2D eigenvalue weighted by molar-refractivity contribution is 6.30. The van der Waals surface area contributed by atoms with Crippen molar-refractivity contribution in [2.45, 2.75) is 26.3 Å². The normalized spacial score (nSPS) is 11.0. The lowest BCUT2D eigenvalue weighted by Crippen LogP contribution is -2.12. The molecule has 3 aromatic rings. The minimum absolute atomic E-state index is 0.0540. The van der Waals surface area contributed by atoms with E-state index in [2.05, 4.69) is 11.5 Å². The highest BCUT2D eigenvalue weighted by Gasteiger charge is 2.10. The van der Waals surface area contributed by atoms with E-state index in [9.17, 15) is 4.79 Å². The van der Waals surface area contributed by atoms with E-state index in [1.807, 2.05) is 48.5 Å². The quantitative estimate of drug-likeness (QED) is 0.655. The molecule has 1 aromatic heterocycles. The Hall–Kier alpha value is -2.06. The average molecular weight is 312 g/mol. The van der Waals surface area contributed by atoms with Crippen molar-refractivity contribution in [2.24, 2.45) is 0 Å². The maximum atomic E-state index is 12.4. The van der Waals surface area contributed by atoms with Crippen molar-refractivity contribution in [3.8, 4) is 11.3 Å². The number of pyridine rings is 1. The number of hydrogen-bond donors (Lipinski definition) is 0. The Kier molecular flexibility index (Phi) is 4.30. The zero-order valence-corrected chi connectivity index (χ0v) is 13.3. The molecule has 0 radical (unpaired) electrons. The number of aromatic nitrogens is 1. The first-order valence-corrected chi connectivity index (χ1v) is 7.97. The van der Waals surface area contributed by atoms with Crippen molar-refractivity contribution >= 4 is 22.5 Å². The molecule has 0 unspecified atom stereocenters. The summed E-state index contributed by atoms with van der Waals surface area (Å²) in [7, 11) is 0. The molecule has 2 nitrogen and oxygen atoms in total. The van der Waals surface area contributed by atoms with Gasteiger partial charge in [-0.3, -0.25) is 4.79 Å². The second-order valence-electron chi connectivity index (χ2n) is 5.43. The molecule has 0 aliphatic heterocycles. The summed E-state index contributed by atoms with van der Waals surface area (Å²) < 4.78 is 2.23.